The summed E-state index contributed by atoms with van der Waals surface area (Å²) in [5, 5.41) is 2.84. The van der Waals surface area contributed by atoms with Gasteiger partial charge in [0.2, 0.25) is 10.0 Å². The fourth-order valence-electron chi connectivity index (χ4n) is 2.17. The zero-order chi connectivity index (χ0) is 14.3. The number of anilines is 1. The molecule has 7 heteroatoms. The molecule has 1 N–H and O–H groups in total. The summed E-state index contributed by atoms with van der Waals surface area (Å²) in [6, 6.07) is 7.05. The molecule has 1 saturated carbocycles. The van der Waals surface area contributed by atoms with Crippen LogP contribution in [0.15, 0.2) is 24.3 Å². The largest absolute Gasteiger partial charge is 0.476 e. The molecule has 0 aromatic heterocycles. The molecule has 1 aromatic carbocycles. The Morgan fingerprint density at radius 3 is 2.70 bits per heavy atom. The van der Waals surface area contributed by atoms with E-state index in [1.54, 1.807) is 24.3 Å². The van der Waals surface area contributed by atoms with Crippen molar-refractivity contribution in [2.24, 2.45) is 0 Å². The summed E-state index contributed by atoms with van der Waals surface area (Å²) in [7, 11) is -3.45. The Bertz CT molecular complexity index is 640. The van der Waals surface area contributed by atoms with Crippen LogP contribution in [0.4, 0.5) is 5.69 Å². The highest BCUT2D eigenvalue weighted by atomic mass is 32.2. The number of rotatable bonds is 3. The molecule has 0 bridgehead atoms. The number of hydrogen-bond donors (Lipinski definition) is 1. The molecule has 0 unspecified atom stereocenters. The number of sulfonamides is 1. The van der Waals surface area contributed by atoms with Crippen molar-refractivity contribution in [3.05, 3.63) is 24.3 Å². The van der Waals surface area contributed by atoms with Crippen molar-refractivity contribution in [2.45, 2.75) is 25.0 Å². The van der Waals surface area contributed by atoms with Crippen molar-refractivity contribution < 1.29 is 17.9 Å². The monoisotopic (exact) mass is 296 g/mol. The minimum atomic E-state index is -3.45. The van der Waals surface area contributed by atoms with Crippen molar-refractivity contribution in [1.82, 2.24) is 5.32 Å². The summed E-state index contributed by atoms with van der Waals surface area (Å²) >= 11 is 0. The third-order valence-corrected chi connectivity index (χ3v) is 4.50. The summed E-state index contributed by atoms with van der Waals surface area (Å²) in [5.74, 6) is 0.163. The maximum Gasteiger partial charge on any atom is 0.263 e. The Kier molecular flexibility index (Phi) is 3.08. The summed E-state index contributed by atoms with van der Waals surface area (Å²) in [4.78, 5) is 12.1. The lowest BCUT2D eigenvalue weighted by atomic mass is 10.2. The van der Waals surface area contributed by atoms with E-state index < -0.39 is 16.1 Å². The number of nitrogens with one attached hydrogen (secondary N) is 1. The topological polar surface area (TPSA) is 75.7 Å². The molecule has 0 saturated heterocycles. The zero-order valence-electron chi connectivity index (χ0n) is 11.1. The fraction of sp³-hybridized carbons (Fsp3) is 0.462. The maximum atomic E-state index is 12.1. The second-order valence-corrected chi connectivity index (χ2v) is 7.06. The van der Waals surface area contributed by atoms with Gasteiger partial charge in [0.05, 0.1) is 18.5 Å². The number of para-hydroxylation sites is 2. The normalized spacial score (nSPS) is 21.9. The molecule has 2 aliphatic rings. The third-order valence-electron chi connectivity index (χ3n) is 3.35. The van der Waals surface area contributed by atoms with Gasteiger partial charge >= 0.3 is 0 Å². The minimum Gasteiger partial charge on any atom is -0.476 e. The van der Waals surface area contributed by atoms with Gasteiger partial charge < -0.3 is 10.1 Å². The van der Waals surface area contributed by atoms with Gasteiger partial charge in [-0.2, -0.15) is 0 Å². The van der Waals surface area contributed by atoms with E-state index in [0.29, 0.717) is 11.4 Å². The summed E-state index contributed by atoms with van der Waals surface area (Å²) in [6.07, 6.45) is 2.28. The van der Waals surface area contributed by atoms with Gasteiger partial charge in [-0.05, 0) is 25.0 Å². The first-order chi connectivity index (χ1) is 9.45. The second kappa shape index (κ2) is 4.66. The highest BCUT2D eigenvalue weighted by Gasteiger charge is 2.36. The lowest BCUT2D eigenvalue weighted by Crippen LogP contribution is -2.50. The SMILES string of the molecule is CS(=O)(=O)N1C[C@H](C(=O)NC2CC2)Oc2ccccc21. The van der Waals surface area contributed by atoms with E-state index in [1.807, 2.05) is 0 Å². The van der Waals surface area contributed by atoms with Crippen LogP contribution in [0.1, 0.15) is 12.8 Å². The summed E-state index contributed by atoms with van der Waals surface area (Å²) in [5.41, 5.74) is 0.477. The molecule has 1 amide bonds. The Morgan fingerprint density at radius 1 is 1.35 bits per heavy atom. The molecule has 3 rings (SSSR count). The van der Waals surface area contributed by atoms with Crippen LogP contribution in [0.3, 0.4) is 0 Å². The smallest absolute Gasteiger partial charge is 0.263 e. The van der Waals surface area contributed by atoms with Gasteiger partial charge in [-0.15, -0.1) is 0 Å². The second-order valence-electron chi connectivity index (χ2n) is 5.15. The molecule has 0 spiro atoms. The number of carbonyl (C=O) groups is 1. The van der Waals surface area contributed by atoms with E-state index in [9.17, 15) is 13.2 Å². The quantitative estimate of drug-likeness (QED) is 0.881. The van der Waals surface area contributed by atoms with Crippen LogP contribution in [0.5, 0.6) is 5.75 Å². The molecule has 6 nitrogen and oxygen atoms in total. The van der Waals surface area contributed by atoms with Crippen molar-refractivity contribution in [2.75, 3.05) is 17.1 Å². The third kappa shape index (κ3) is 2.58. The number of hydrogen-bond acceptors (Lipinski definition) is 4. The number of ether oxygens (including phenoxy) is 1. The number of nitrogens with zero attached hydrogens (tertiary/aromatic N) is 1. The average molecular weight is 296 g/mol. The predicted octanol–water partition coefficient (Wildman–Crippen LogP) is 0.492. The molecule has 0 radical (unpaired) electrons. The van der Waals surface area contributed by atoms with Crippen LogP contribution in [0.25, 0.3) is 0 Å². The number of carbonyl (C=O) groups excluding carboxylic acids is 1. The summed E-state index contributed by atoms with van der Waals surface area (Å²) in [6.45, 7) is 0.00833. The van der Waals surface area contributed by atoms with E-state index in [2.05, 4.69) is 5.32 Å². The van der Waals surface area contributed by atoms with E-state index in [4.69, 9.17) is 4.74 Å². The predicted molar refractivity (Wildman–Crippen MR) is 74.2 cm³/mol. The van der Waals surface area contributed by atoms with E-state index in [-0.39, 0.29) is 18.5 Å². The highest BCUT2D eigenvalue weighted by molar-refractivity contribution is 7.92. The Morgan fingerprint density at radius 2 is 2.05 bits per heavy atom. The van der Waals surface area contributed by atoms with Gasteiger partial charge in [-0.3, -0.25) is 9.10 Å². The van der Waals surface area contributed by atoms with Crippen molar-refractivity contribution in [3.63, 3.8) is 0 Å². The Hall–Kier alpha value is -1.76. The van der Waals surface area contributed by atoms with Crippen molar-refractivity contribution in [3.8, 4) is 5.75 Å². The van der Waals surface area contributed by atoms with Gasteiger partial charge in [0, 0.05) is 6.04 Å². The molecule has 1 heterocycles. The molecular formula is C13H16N2O4S. The molecule has 1 atom stereocenters. The average Bonchev–Trinajstić information content (AvgIpc) is 3.20. The summed E-state index contributed by atoms with van der Waals surface area (Å²) < 4.78 is 30.6. The Labute approximate surface area is 117 Å². The lowest BCUT2D eigenvalue weighted by molar-refractivity contribution is -0.127. The molecule has 20 heavy (non-hydrogen) atoms. The first-order valence-electron chi connectivity index (χ1n) is 6.49. The van der Waals surface area contributed by atoms with Gasteiger partial charge in [0.1, 0.15) is 5.75 Å². The molecule has 108 valence electrons. The van der Waals surface area contributed by atoms with Gasteiger partial charge in [0.25, 0.3) is 5.91 Å². The molecule has 1 aliphatic carbocycles. The maximum absolute atomic E-state index is 12.1. The molecular weight excluding hydrogens is 280 g/mol. The van der Waals surface area contributed by atoms with Crippen LogP contribution in [-0.2, 0) is 14.8 Å². The van der Waals surface area contributed by atoms with Crippen molar-refractivity contribution >= 4 is 21.6 Å². The van der Waals surface area contributed by atoms with Crippen LogP contribution in [-0.4, -0.2) is 39.3 Å². The van der Waals surface area contributed by atoms with Gasteiger partial charge in [0.15, 0.2) is 6.10 Å². The molecule has 1 aromatic rings. The van der Waals surface area contributed by atoms with Crippen molar-refractivity contribution in [1.29, 1.82) is 0 Å². The van der Waals surface area contributed by atoms with Gasteiger partial charge in [-0.25, -0.2) is 8.42 Å². The number of amides is 1. The molecule has 1 aliphatic heterocycles. The number of fused-ring (bicyclic) bond motifs is 1. The highest BCUT2D eigenvalue weighted by Crippen LogP contribution is 2.34. The van der Waals surface area contributed by atoms with Crippen LogP contribution in [0, 0.1) is 0 Å². The minimum absolute atomic E-state index is 0.00833. The van der Waals surface area contributed by atoms with Gasteiger partial charge in [-0.1, -0.05) is 12.1 Å². The van der Waals surface area contributed by atoms with E-state index >= 15 is 0 Å². The zero-order valence-corrected chi connectivity index (χ0v) is 11.9. The number of benzene rings is 1. The Balaban J connectivity index is 1.89. The first-order valence-corrected chi connectivity index (χ1v) is 8.34. The van der Waals surface area contributed by atoms with Crippen LogP contribution in [0.2, 0.25) is 0 Å². The molecule has 1 fully saturated rings. The van der Waals surface area contributed by atoms with E-state index in [0.717, 1.165) is 19.1 Å². The van der Waals surface area contributed by atoms with Crippen LogP contribution >= 0.6 is 0 Å². The fourth-order valence-corrected chi connectivity index (χ4v) is 3.09. The standard InChI is InChI=1S/C13H16N2O4S/c1-20(17,18)15-8-12(13(16)14-9-6-7-9)19-11-5-3-2-4-10(11)15/h2-5,9,12H,6-8H2,1H3,(H,14,16)/t12-/m1/s1. The van der Waals surface area contributed by atoms with Crippen LogP contribution < -0.4 is 14.4 Å². The first kappa shape index (κ1) is 13.2. The lowest BCUT2D eigenvalue weighted by Gasteiger charge is -2.33. The van der Waals surface area contributed by atoms with E-state index in [1.165, 1.54) is 4.31 Å².